The topological polar surface area (TPSA) is 108 Å². The minimum Gasteiger partial charge on any atom is -0.394 e. The maximum atomic E-state index is 15.1. The Hall–Kier alpha value is -3.51. The number of hydrogen-bond donors (Lipinski definition) is 3. The molecule has 6 rings (SSSR count). The Bertz CT molecular complexity index is 1460. The molecule has 4 aromatic rings. The molecule has 2 fully saturated rings. The van der Waals surface area contributed by atoms with Crippen LogP contribution in [0.25, 0.3) is 11.4 Å². The first-order chi connectivity index (χ1) is 18.4. The normalized spacial score (nSPS) is 15.2. The number of aliphatic hydroxyl groups is 1. The molecule has 0 spiro atoms. The Labute approximate surface area is 222 Å². The van der Waals surface area contributed by atoms with Gasteiger partial charge < -0.3 is 15.3 Å². The Balaban J connectivity index is 1.47. The van der Waals surface area contributed by atoms with E-state index in [1.807, 2.05) is 12.1 Å². The van der Waals surface area contributed by atoms with Gasteiger partial charge >= 0.3 is 0 Å². The highest BCUT2D eigenvalue weighted by atomic mass is 32.2. The fourth-order valence-electron chi connectivity index (χ4n) is 4.58. The number of nitrogens with zero attached hydrogens (tertiary/aromatic N) is 6. The number of nitrogens with one attached hydrogen (secondary N) is 2. The number of anilines is 4. The summed E-state index contributed by atoms with van der Waals surface area (Å²) >= 11 is 1.27. The van der Waals surface area contributed by atoms with Crippen molar-refractivity contribution in [3.63, 3.8) is 0 Å². The van der Waals surface area contributed by atoms with E-state index in [2.05, 4.69) is 20.6 Å². The van der Waals surface area contributed by atoms with Gasteiger partial charge in [0, 0.05) is 41.4 Å². The van der Waals surface area contributed by atoms with Crippen LogP contribution in [0.3, 0.4) is 0 Å². The highest BCUT2D eigenvalue weighted by Gasteiger charge is 2.34. The van der Waals surface area contributed by atoms with E-state index in [4.69, 9.17) is 9.97 Å². The van der Waals surface area contributed by atoms with Crippen molar-refractivity contribution in [1.29, 1.82) is 0 Å². The third kappa shape index (κ3) is 4.85. The van der Waals surface area contributed by atoms with Gasteiger partial charge in [0.15, 0.2) is 17.5 Å². The zero-order valence-electron chi connectivity index (χ0n) is 21.1. The number of aliphatic hydroxyl groups excluding tert-OH is 1. The van der Waals surface area contributed by atoms with E-state index in [-0.39, 0.29) is 24.2 Å². The molecule has 2 saturated carbocycles. The highest BCUT2D eigenvalue weighted by Crippen LogP contribution is 2.48. The molecule has 3 N–H and O–H groups in total. The molecule has 1 aromatic carbocycles. The van der Waals surface area contributed by atoms with Crippen LogP contribution in [0.2, 0.25) is 0 Å². The molecule has 0 unspecified atom stereocenters. The summed E-state index contributed by atoms with van der Waals surface area (Å²) in [5.41, 5.74) is 2.92. The second-order valence-electron chi connectivity index (χ2n) is 9.70. The minimum atomic E-state index is -0.698. The number of hydrogen-bond acceptors (Lipinski definition) is 8. The molecular weight excluding hydrogens is 510 g/mol. The molecule has 3 aromatic heterocycles. The zero-order valence-corrected chi connectivity index (χ0v) is 21.9. The fourth-order valence-corrected chi connectivity index (χ4v) is 5.02. The number of thioether (sulfide) groups is 1. The average molecular weight is 539 g/mol. The van der Waals surface area contributed by atoms with Crippen molar-refractivity contribution < 1.29 is 13.9 Å². The maximum absolute atomic E-state index is 15.1. The molecule has 0 amide bonds. The summed E-state index contributed by atoms with van der Waals surface area (Å²) in [7, 11) is 1.55. The van der Waals surface area contributed by atoms with Crippen molar-refractivity contribution in [2.75, 3.05) is 30.1 Å². The van der Waals surface area contributed by atoms with E-state index in [9.17, 15) is 5.11 Å². The molecule has 2 aliphatic carbocycles. The molecule has 198 valence electrons. The molecule has 0 bridgehead atoms. The number of H-pyrrole nitrogens is 1. The standard InChI is InChI=1S/C26H28F2N8OS/c1-35(24-17(27)11-16(38-2)12-18(24)28)26-30-23(19-7-8-36(34-19)9-10-37)22(15-5-6-15)25(31-26)29-21-13-20(32-33-21)14-3-4-14/h7-8,11-15,37H,3-6,9-10H2,1-2H3,(H2,29,30,31,32,33). The lowest BCUT2D eigenvalue weighted by molar-refractivity contribution is 0.269. The van der Waals surface area contributed by atoms with Crippen LogP contribution >= 0.6 is 11.8 Å². The molecule has 2 aliphatic rings. The van der Waals surface area contributed by atoms with E-state index < -0.39 is 11.6 Å². The van der Waals surface area contributed by atoms with Gasteiger partial charge in [0.25, 0.3) is 0 Å². The lowest BCUT2D eigenvalue weighted by Crippen LogP contribution is -2.18. The summed E-state index contributed by atoms with van der Waals surface area (Å²) in [6.07, 6.45) is 7.78. The van der Waals surface area contributed by atoms with Crippen LogP contribution in [0.1, 0.15) is 48.8 Å². The molecule has 12 heteroatoms. The second kappa shape index (κ2) is 9.99. The van der Waals surface area contributed by atoms with Crippen molar-refractivity contribution in [3.8, 4) is 11.4 Å². The molecule has 0 saturated heterocycles. The third-order valence-electron chi connectivity index (χ3n) is 6.85. The van der Waals surface area contributed by atoms with Crippen LogP contribution in [-0.2, 0) is 6.54 Å². The second-order valence-corrected chi connectivity index (χ2v) is 10.6. The van der Waals surface area contributed by atoms with Crippen LogP contribution in [0.15, 0.2) is 35.4 Å². The smallest absolute Gasteiger partial charge is 0.232 e. The molecule has 9 nitrogen and oxygen atoms in total. The molecule has 0 atom stereocenters. The monoisotopic (exact) mass is 538 g/mol. The summed E-state index contributed by atoms with van der Waals surface area (Å²) in [6, 6.07) is 6.41. The van der Waals surface area contributed by atoms with Crippen molar-refractivity contribution in [2.24, 2.45) is 0 Å². The van der Waals surface area contributed by atoms with Gasteiger partial charge in [-0.15, -0.1) is 11.8 Å². The number of rotatable bonds is 10. The molecule has 0 radical (unpaired) electrons. The quantitative estimate of drug-likeness (QED) is 0.233. The van der Waals surface area contributed by atoms with E-state index in [0.29, 0.717) is 40.4 Å². The highest BCUT2D eigenvalue weighted by molar-refractivity contribution is 7.98. The molecule has 0 aliphatic heterocycles. The first-order valence-electron chi connectivity index (χ1n) is 12.6. The van der Waals surface area contributed by atoms with Crippen LogP contribution in [0, 0.1) is 11.6 Å². The number of halogens is 2. The first-order valence-corrected chi connectivity index (χ1v) is 13.8. The average Bonchev–Trinajstić information content (AvgIpc) is 3.83. The lowest BCUT2D eigenvalue weighted by Gasteiger charge is -2.22. The Kier molecular flexibility index (Phi) is 6.52. The number of benzene rings is 1. The van der Waals surface area contributed by atoms with Gasteiger partial charge in [-0.1, -0.05) is 0 Å². The number of aromatic nitrogens is 6. The van der Waals surface area contributed by atoms with Crippen LogP contribution in [-0.4, -0.2) is 55.0 Å². The fraction of sp³-hybridized carbons (Fsp3) is 0.385. The van der Waals surface area contributed by atoms with Crippen LogP contribution < -0.4 is 10.2 Å². The third-order valence-corrected chi connectivity index (χ3v) is 7.56. The molecule has 3 heterocycles. The largest absolute Gasteiger partial charge is 0.394 e. The summed E-state index contributed by atoms with van der Waals surface area (Å²) in [4.78, 5) is 11.4. The zero-order chi connectivity index (χ0) is 26.4. The van der Waals surface area contributed by atoms with E-state index in [1.165, 1.54) is 28.8 Å². The van der Waals surface area contributed by atoms with E-state index >= 15 is 8.78 Å². The summed E-state index contributed by atoms with van der Waals surface area (Å²) < 4.78 is 31.8. The van der Waals surface area contributed by atoms with Crippen LogP contribution in [0.4, 0.5) is 32.1 Å². The first kappa shape index (κ1) is 24.8. The maximum Gasteiger partial charge on any atom is 0.232 e. The van der Waals surface area contributed by atoms with Gasteiger partial charge in [-0.05, 0) is 56.1 Å². The number of aromatic amines is 1. The van der Waals surface area contributed by atoms with Gasteiger partial charge in [0.1, 0.15) is 22.9 Å². The SMILES string of the molecule is CSc1cc(F)c(N(C)c2nc(Nc3cc(C4CC4)[nH]n3)c(C3CC3)c(-c3ccn(CCO)n3)n2)c(F)c1. The van der Waals surface area contributed by atoms with Crippen LogP contribution in [0.5, 0.6) is 0 Å². The van der Waals surface area contributed by atoms with Gasteiger partial charge in [0.2, 0.25) is 5.95 Å². The minimum absolute atomic E-state index is 0.0474. The summed E-state index contributed by atoms with van der Waals surface area (Å²) in [5, 5.41) is 24.8. The van der Waals surface area contributed by atoms with Crippen molar-refractivity contribution in [1.82, 2.24) is 29.9 Å². The Morgan fingerprint density at radius 2 is 1.87 bits per heavy atom. The van der Waals surface area contributed by atoms with Gasteiger partial charge in [-0.2, -0.15) is 15.2 Å². The van der Waals surface area contributed by atoms with Gasteiger partial charge in [0.05, 0.1) is 13.2 Å². The Morgan fingerprint density at radius 3 is 2.53 bits per heavy atom. The molecule has 38 heavy (non-hydrogen) atoms. The summed E-state index contributed by atoms with van der Waals surface area (Å²) in [5.74, 6) is 0.621. The van der Waals surface area contributed by atoms with Crippen molar-refractivity contribution >= 4 is 35.0 Å². The van der Waals surface area contributed by atoms with E-state index in [1.54, 1.807) is 24.2 Å². The predicted molar refractivity (Wildman–Crippen MR) is 142 cm³/mol. The van der Waals surface area contributed by atoms with Crippen molar-refractivity contribution in [2.45, 2.75) is 49.0 Å². The van der Waals surface area contributed by atoms with E-state index in [0.717, 1.165) is 36.9 Å². The Morgan fingerprint density at radius 1 is 1.13 bits per heavy atom. The van der Waals surface area contributed by atoms with Gasteiger partial charge in [-0.3, -0.25) is 9.78 Å². The van der Waals surface area contributed by atoms with Gasteiger partial charge in [-0.25, -0.2) is 13.8 Å². The van der Waals surface area contributed by atoms with Crippen molar-refractivity contribution in [3.05, 3.63) is 53.4 Å². The predicted octanol–water partition coefficient (Wildman–Crippen LogP) is 5.32. The molecular formula is C26H28F2N8OS. The summed E-state index contributed by atoms with van der Waals surface area (Å²) in [6.45, 7) is 0.297. The lowest BCUT2D eigenvalue weighted by atomic mass is 10.1.